The largest absolute Gasteiger partial charge is 0.463 e. The van der Waals surface area contributed by atoms with Gasteiger partial charge in [0.25, 0.3) is 5.91 Å². The molecular formula is C19H14FN3O2. The molecule has 1 N–H and O–H groups in total. The number of anilines is 1. The number of pyridine rings is 1. The van der Waals surface area contributed by atoms with E-state index < -0.39 is 0 Å². The number of hydrogen-bond acceptors (Lipinski definition) is 3. The average molecular weight is 335 g/mol. The van der Waals surface area contributed by atoms with Crippen molar-refractivity contribution < 1.29 is 13.6 Å². The predicted octanol–water partition coefficient (Wildman–Crippen LogP) is 4.07. The van der Waals surface area contributed by atoms with Gasteiger partial charge in [-0.3, -0.25) is 9.78 Å². The van der Waals surface area contributed by atoms with Crippen LogP contribution in [0.15, 0.2) is 71.6 Å². The lowest BCUT2D eigenvalue weighted by molar-refractivity contribution is 0.101. The third kappa shape index (κ3) is 3.01. The maximum absolute atomic E-state index is 13.5. The van der Waals surface area contributed by atoms with Gasteiger partial charge in [-0.1, -0.05) is 12.1 Å². The molecule has 0 spiro atoms. The van der Waals surface area contributed by atoms with Crippen LogP contribution in [0.1, 0.15) is 16.1 Å². The minimum Gasteiger partial charge on any atom is -0.463 e. The van der Waals surface area contributed by atoms with E-state index in [2.05, 4.69) is 10.3 Å². The Morgan fingerprint density at radius 1 is 1.20 bits per heavy atom. The van der Waals surface area contributed by atoms with Crippen molar-refractivity contribution in [2.24, 2.45) is 0 Å². The smallest absolute Gasteiger partial charge is 0.272 e. The summed E-state index contributed by atoms with van der Waals surface area (Å²) >= 11 is 0. The Morgan fingerprint density at radius 2 is 2.12 bits per heavy atom. The summed E-state index contributed by atoms with van der Waals surface area (Å²) in [5.41, 5.74) is 3.17. The van der Waals surface area contributed by atoms with Gasteiger partial charge in [0.1, 0.15) is 11.5 Å². The second kappa shape index (κ2) is 6.24. The molecule has 0 atom stereocenters. The lowest BCUT2D eigenvalue weighted by Crippen LogP contribution is -2.17. The van der Waals surface area contributed by atoms with E-state index in [1.54, 1.807) is 53.6 Å². The topological polar surface area (TPSA) is 60.1 Å². The minimum atomic E-state index is -0.311. The Labute approximate surface area is 142 Å². The van der Waals surface area contributed by atoms with Crippen LogP contribution < -0.4 is 5.32 Å². The summed E-state index contributed by atoms with van der Waals surface area (Å²) in [6.45, 7) is 0.358. The van der Waals surface area contributed by atoms with E-state index in [9.17, 15) is 9.18 Å². The Hall–Kier alpha value is -3.41. The van der Waals surface area contributed by atoms with Crippen LogP contribution in [0.3, 0.4) is 0 Å². The normalized spacial score (nSPS) is 10.9. The second-order valence-corrected chi connectivity index (χ2v) is 5.61. The first-order chi connectivity index (χ1) is 12.2. The first-order valence-electron chi connectivity index (χ1n) is 7.73. The van der Waals surface area contributed by atoms with E-state index >= 15 is 0 Å². The van der Waals surface area contributed by atoms with Crippen molar-refractivity contribution in [1.29, 1.82) is 0 Å². The van der Waals surface area contributed by atoms with Crippen molar-refractivity contribution in [2.45, 2.75) is 6.54 Å². The molecule has 5 nitrogen and oxygen atoms in total. The van der Waals surface area contributed by atoms with Crippen LogP contribution in [0.2, 0.25) is 0 Å². The first kappa shape index (κ1) is 15.1. The van der Waals surface area contributed by atoms with Gasteiger partial charge in [-0.05, 0) is 29.8 Å². The Balaban J connectivity index is 1.71. The molecule has 0 fully saturated rings. The Kier molecular flexibility index (Phi) is 3.78. The molecule has 0 saturated heterocycles. The number of carbonyl (C=O) groups excluding carboxylic acids is 1. The monoisotopic (exact) mass is 335 g/mol. The fourth-order valence-electron chi connectivity index (χ4n) is 2.79. The van der Waals surface area contributed by atoms with Crippen molar-refractivity contribution in [1.82, 2.24) is 9.55 Å². The molecule has 4 aromatic rings. The molecular weight excluding hydrogens is 321 g/mol. The number of nitrogens with one attached hydrogen (secondary N) is 1. The van der Waals surface area contributed by atoms with Crippen molar-refractivity contribution in [3.63, 3.8) is 0 Å². The van der Waals surface area contributed by atoms with E-state index in [0.717, 1.165) is 11.1 Å². The van der Waals surface area contributed by atoms with E-state index in [-0.39, 0.29) is 11.7 Å². The summed E-state index contributed by atoms with van der Waals surface area (Å²) in [6, 6.07) is 13.3. The number of fused-ring (bicyclic) bond motifs is 1. The van der Waals surface area contributed by atoms with Gasteiger partial charge < -0.3 is 14.3 Å². The molecule has 124 valence electrons. The fourth-order valence-corrected chi connectivity index (χ4v) is 2.79. The zero-order valence-corrected chi connectivity index (χ0v) is 13.1. The van der Waals surface area contributed by atoms with Crippen LogP contribution in [-0.4, -0.2) is 15.5 Å². The summed E-state index contributed by atoms with van der Waals surface area (Å²) in [5, 5.41) is 2.81. The summed E-state index contributed by atoms with van der Waals surface area (Å²) in [5.74, 6) is -0.592. The number of halogens is 1. The molecule has 4 rings (SSSR count). The van der Waals surface area contributed by atoms with Crippen LogP contribution in [0.5, 0.6) is 0 Å². The molecule has 0 aliphatic rings. The SMILES string of the molecule is O=C(Nc1cccnc1)c1cc2occc2n1Cc1cccc(F)c1. The van der Waals surface area contributed by atoms with Crippen LogP contribution in [-0.2, 0) is 6.54 Å². The van der Waals surface area contributed by atoms with Gasteiger partial charge >= 0.3 is 0 Å². The number of amides is 1. The molecule has 1 amide bonds. The minimum absolute atomic E-state index is 0.282. The average Bonchev–Trinajstić information content (AvgIpc) is 3.19. The van der Waals surface area contributed by atoms with E-state index in [0.29, 0.717) is 23.5 Å². The highest BCUT2D eigenvalue weighted by Gasteiger charge is 2.18. The van der Waals surface area contributed by atoms with Crippen LogP contribution in [0.4, 0.5) is 10.1 Å². The summed E-state index contributed by atoms with van der Waals surface area (Å²) in [4.78, 5) is 16.7. The molecule has 0 aliphatic heterocycles. The maximum Gasteiger partial charge on any atom is 0.272 e. The van der Waals surface area contributed by atoms with Crippen molar-refractivity contribution >= 4 is 22.7 Å². The predicted molar refractivity (Wildman–Crippen MR) is 91.9 cm³/mol. The van der Waals surface area contributed by atoms with Crippen molar-refractivity contribution in [2.75, 3.05) is 5.32 Å². The van der Waals surface area contributed by atoms with Gasteiger partial charge in [0.05, 0.1) is 23.7 Å². The molecule has 3 aromatic heterocycles. The standard InChI is InChI=1S/C19H14FN3O2/c20-14-4-1-3-13(9-14)12-23-16-6-8-25-18(16)10-17(23)19(24)22-15-5-2-7-21-11-15/h1-11H,12H2,(H,22,24). The number of benzene rings is 1. The van der Waals surface area contributed by atoms with Gasteiger partial charge in [-0.2, -0.15) is 0 Å². The molecule has 6 heteroatoms. The quantitative estimate of drug-likeness (QED) is 0.611. The highest BCUT2D eigenvalue weighted by Crippen LogP contribution is 2.23. The van der Waals surface area contributed by atoms with Crippen molar-refractivity contribution in [3.8, 4) is 0 Å². The molecule has 3 heterocycles. The van der Waals surface area contributed by atoms with Crippen LogP contribution >= 0.6 is 0 Å². The van der Waals surface area contributed by atoms with E-state index in [4.69, 9.17) is 4.42 Å². The number of rotatable bonds is 4. The number of furan rings is 1. The molecule has 0 saturated carbocycles. The first-order valence-corrected chi connectivity index (χ1v) is 7.73. The third-order valence-electron chi connectivity index (χ3n) is 3.90. The van der Waals surface area contributed by atoms with Gasteiger partial charge in [0, 0.05) is 24.9 Å². The number of nitrogens with zero attached hydrogens (tertiary/aromatic N) is 2. The fraction of sp³-hybridized carbons (Fsp3) is 0.0526. The Bertz CT molecular complexity index is 1040. The Morgan fingerprint density at radius 3 is 2.92 bits per heavy atom. The lowest BCUT2D eigenvalue weighted by Gasteiger charge is -2.11. The summed E-state index contributed by atoms with van der Waals surface area (Å²) < 4.78 is 20.7. The number of aromatic nitrogens is 2. The van der Waals surface area contributed by atoms with E-state index in [1.807, 2.05) is 6.07 Å². The van der Waals surface area contributed by atoms with Gasteiger partial charge in [0.15, 0.2) is 5.58 Å². The molecule has 0 radical (unpaired) electrons. The third-order valence-corrected chi connectivity index (χ3v) is 3.90. The lowest BCUT2D eigenvalue weighted by atomic mass is 10.2. The highest BCUT2D eigenvalue weighted by molar-refractivity contribution is 6.05. The summed E-state index contributed by atoms with van der Waals surface area (Å²) in [6.07, 6.45) is 4.77. The zero-order valence-electron chi connectivity index (χ0n) is 13.1. The molecule has 0 aliphatic carbocycles. The molecule has 0 unspecified atom stereocenters. The molecule has 0 bridgehead atoms. The molecule has 1 aromatic carbocycles. The second-order valence-electron chi connectivity index (χ2n) is 5.61. The van der Waals surface area contributed by atoms with Crippen molar-refractivity contribution in [3.05, 3.63) is 84.3 Å². The van der Waals surface area contributed by atoms with Crippen LogP contribution in [0, 0.1) is 5.82 Å². The number of hydrogen-bond donors (Lipinski definition) is 1. The van der Waals surface area contributed by atoms with Gasteiger partial charge in [0.2, 0.25) is 0 Å². The van der Waals surface area contributed by atoms with E-state index in [1.165, 1.54) is 12.1 Å². The zero-order chi connectivity index (χ0) is 17.2. The molecule has 25 heavy (non-hydrogen) atoms. The highest BCUT2D eigenvalue weighted by atomic mass is 19.1. The van der Waals surface area contributed by atoms with Gasteiger partial charge in [-0.15, -0.1) is 0 Å². The van der Waals surface area contributed by atoms with Gasteiger partial charge in [-0.25, -0.2) is 4.39 Å². The van der Waals surface area contributed by atoms with Crippen LogP contribution in [0.25, 0.3) is 11.1 Å². The summed E-state index contributed by atoms with van der Waals surface area (Å²) in [7, 11) is 0. The maximum atomic E-state index is 13.5. The number of carbonyl (C=O) groups is 1.